The van der Waals surface area contributed by atoms with E-state index in [2.05, 4.69) is 12.2 Å². The molecule has 2 aromatic rings. The summed E-state index contributed by atoms with van der Waals surface area (Å²) in [5.41, 5.74) is 2.17. The number of aromatic hydroxyl groups is 1. The molecule has 3 rings (SSSR count). The number of hydrogen-bond acceptors (Lipinski definition) is 4. The second-order valence-electron chi connectivity index (χ2n) is 5.00. The Kier molecular flexibility index (Phi) is 3.96. The van der Waals surface area contributed by atoms with Crippen molar-refractivity contribution >= 4 is 22.9 Å². The SMILES string of the molecule is CCNC1CCCc2sc(-c3ccc(O)c(Cl)c3)nc21. The van der Waals surface area contributed by atoms with Crippen molar-refractivity contribution in [1.82, 2.24) is 10.3 Å². The second kappa shape index (κ2) is 5.72. The van der Waals surface area contributed by atoms with Crippen molar-refractivity contribution < 1.29 is 5.11 Å². The maximum atomic E-state index is 9.51. The van der Waals surface area contributed by atoms with Gasteiger partial charge in [0.25, 0.3) is 0 Å². The topological polar surface area (TPSA) is 45.1 Å². The fourth-order valence-corrected chi connectivity index (χ4v) is 3.97. The largest absolute Gasteiger partial charge is 0.506 e. The average molecular weight is 309 g/mol. The molecule has 106 valence electrons. The molecule has 0 amide bonds. The van der Waals surface area contributed by atoms with Crippen LogP contribution in [0.15, 0.2) is 18.2 Å². The van der Waals surface area contributed by atoms with E-state index >= 15 is 0 Å². The highest BCUT2D eigenvalue weighted by Crippen LogP contribution is 2.38. The van der Waals surface area contributed by atoms with Gasteiger partial charge in [-0.1, -0.05) is 18.5 Å². The first-order valence-corrected chi connectivity index (χ1v) is 8.10. The minimum absolute atomic E-state index is 0.113. The third-order valence-corrected chi connectivity index (χ3v) is 5.08. The molecular formula is C15H17ClN2OS. The van der Waals surface area contributed by atoms with Crippen molar-refractivity contribution in [2.75, 3.05) is 6.54 Å². The molecule has 1 aromatic carbocycles. The molecule has 0 aliphatic heterocycles. The molecule has 0 bridgehead atoms. The molecule has 1 atom stereocenters. The van der Waals surface area contributed by atoms with Gasteiger partial charge in [-0.3, -0.25) is 0 Å². The van der Waals surface area contributed by atoms with E-state index in [1.54, 1.807) is 23.5 Å². The van der Waals surface area contributed by atoms with Gasteiger partial charge in [-0.15, -0.1) is 11.3 Å². The molecule has 0 saturated heterocycles. The Bertz CT molecular complexity index is 626. The van der Waals surface area contributed by atoms with Crippen LogP contribution in [0.5, 0.6) is 5.75 Å². The minimum Gasteiger partial charge on any atom is -0.506 e. The van der Waals surface area contributed by atoms with Gasteiger partial charge in [0.2, 0.25) is 0 Å². The number of phenolic OH excluding ortho intramolecular Hbond substituents is 1. The second-order valence-corrected chi connectivity index (χ2v) is 6.49. The van der Waals surface area contributed by atoms with Gasteiger partial charge in [0, 0.05) is 10.4 Å². The zero-order valence-electron chi connectivity index (χ0n) is 11.3. The predicted octanol–water partition coefficient (Wildman–Crippen LogP) is 4.16. The lowest BCUT2D eigenvalue weighted by Crippen LogP contribution is -2.24. The summed E-state index contributed by atoms with van der Waals surface area (Å²) in [7, 11) is 0. The highest BCUT2D eigenvalue weighted by molar-refractivity contribution is 7.15. The van der Waals surface area contributed by atoms with E-state index in [4.69, 9.17) is 16.6 Å². The van der Waals surface area contributed by atoms with Gasteiger partial charge in [0.15, 0.2) is 0 Å². The van der Waals surface area contributed by atoms with Crippen LogP contribution in [0.25, 0.3) is 10.6 Å². The van der Waals surface area contributed by atoms with Crippen LogP contribution in [-0.2, 0) is 6.42 Å². The van der Waals surface area contributed by atoms with Crippen LogP contribution in [-0.4, -0.2) is 16.6 Å². The number of phenols is 1. The molecule has 5 heteroatoms. The van der Waals surface area contributed by atoms with E-state index in [1.165, 1.54) is 17.0 Å². The zero-order chi connectivity index (χ0) is 14.1. The molecule has 1 aromatic heterocycles. The number of thiazole rings is 1. The summed E-state index contributed by atoms with van der Waals surface area (Å²) in [6.45, 7) is 3.09. The molecule has 2 N–H and O–H groups in total. The number of nitrogens with one attached hydrogen (secondary N) is 1. The summed E-state index contributed by atoms with van der Waals surface area (Å²) in [5, 5.41) is 14.4. The molecular weight excluding hydrogens is 292 g/mol. The van der Waals surface area contributed by atoms with E-state index in [0.717, 1.165) is 30.0 Å². The molecule has 1 heterocycles. The monoisotopic (exact) mass is 308 g/mol. The van der Waals surface area contributed by atoms with E-state index in [0.29, 0.717) is 11.1 Å². The van der Waals surface area contributed by atoms with Gasteiger partial charge in [0.1, 0.15) is 10.8 Å². The van der Waals surface area contributed by atoms with Crippen LogP contribution in [0.1, 0.15) is 36.4 Å². The van der Waals surface area contributed by atoms with E-state index < -0.39 is 0 Å². The lowest BCUT2D eigenvalue weighted by Gasteiger charge is -2.21. The van der Waals surface area contributed by atoms with Crippen molar-refractivity contribution in [3.63, 3.8) is 0 Å². The van der Waals surface area contributed by atoms with Crippen molar-refractivity contribution in [2.45, 2.75) is 32.2 Å². The van der Waals surface area contributed by atoms with Gasteiger partial charge in [0.05, 0.1) is 16.8 Å². The molecule has 20 heavy (non-hydrogen) atoms. The Morgan fingerprint density at radius 2 is 2.35 bits per heavy atom. The number of benzene rings is 1. The Balaban J connectivity index is 1.97. The number of aryl methyl sites for hydroxylation is 1. The lowest BCUT2D eigenvalue weighted by atomic mass is 9.98. The summed E-state index contributed by atoms with van der Waals surface area (Å²) < 4.78 is 0. The Hall–Kier alpha value is -1.10. The first-order valence-electron chi connectivity index (χ1n) is 6.91. The Morgan fingerprint density at radius 3 is 3.10 bits per heavy atom. The summed E-state index contributed by atoms with van der Waals surface area (Å²) >= 11 is 7.72. The van der Waals surface area contributed by atoms with Crippen LogP contribution in [0.2, 0.25) is 5.02 Å². The van der Waals surface area contributed by atoms with E-state index in [1.807, 2.05) is 6.07 Å². The van der Waals surface area contributed by atoms with Gasteiger partial charge in [-0.25, -0.2) is 4.98 Å². The summed E-state index contributed by atoms with van der Waals surface area (Å²) in [6.07, 6.45) is 3.48. The fourth-order valence-electron chi connectivity index (χ4n) is 2.63. The Labute approximate surface area is 127 Å². The van der Waals surface area contributed by atoms with Gasteiger partial charge in [-0.05, 0) is 44.0 Å². The number of nitrogens with zero attached hydrogens (tertiary/aromatic N) is 1. The first-order chi connectivity index (χ1) is 9.69. The summed E-state index contributed by atoms with van der Waals surface area (Å²) in [5.74, 6) is 0.113. The van der Waals surface area contributed by atoms with Crippen LogP contribution in [0, 0.1) is 0 Å². The molecule has 0 saturated carbocycles. The van der Waals surface area contributed by atoms with Gasteiger partial charge in [-0.2, -0.15) is 0 Å². The molecule has 1 aliphatic carbocycles. The summed E-state index contributed by atoms with van der Waals surface area (Å²) in [6, 6.07) is 5.65. The number of hydrogen-bond donors (Lipinski definition) is 2. The minimum atomic E-state index is 0.113. The zero-order valence-corrected chi connectivity index (χ0v) is 12.9. The average Bonchev–Trinajstić information content (AvgIpc) is 2.87. The maximum absolute atomic E-state index is 9.51. The van der Waals surface area contributed by atoms with Crippen molar-refractivity contribution in [1.29, 1.82) is 0 Å². The molecule has 1 unspecified atom stereocenters. The van der Waals surface area contributed by atoms with Crippen molar-refractivity contribution in [3.05, 3.63) is 33.8 Å². The molecule has 1 aliphatic rings. The third kappa shape index (κ3) is 2.55. The highest BCUT2D eigenvalue weighted by Gasteiger charge is 2.24. The maximum Gasteiger partial charge on any atom is 0.134 e. The van der Waals surface area contributed by atoms with Crippen LogP contribution < -0.4 is 5.32 Å². The van der Waals surface area contributed by atoms with Crippen LogP contribution >= 0.6 is 22.9 Å². The first kappa shape index (κ1) is 13.9. The quantitative estimate of drug-likeness (QED) is 0.895. The van der Waals surface area contributed by atoms with Crippen molar-refractivity contribution in [3.8, 4) is 16.3 Å². The molecule has 0 spiro atoms. The number of rotatable bonds is 3. The standard InChI is InChI=1S/C15H17ClN2OS/c1-2-17-11-4-3-5-13-14(11)18-15(20-13)9-6-7-12(19)10(16)8-9/h6-8,11,17,19H,2-5H2,1H3. The smallest absolute Gasteiger partial charge is 0.134 e. The Morgan fingerprint density at radius 1 is 1.50 bits per heavy atom. The van der Waals surface area contributed by atoms with Crippen LogP contribution in [0.4, 0.5) is 0 Å². The van der Waals surface area contributed by atoms with Crippen LogP contribution in [0.3, 0.4) is 0 Å². The van der Waals surface area contributed by atoms with Crippen molar-refractivity contribution in [2.24, 2.45) is 0 Å². The predicted molar refractivity (Wildman–Crippen MR) is 83.6 cm³/mol. The third-order valence-electron chi connectivity index (χ3n) is 3.60. The summed E-state index contributed by atoms with van der Waals surface area (Å²) in [4.78, 5) is 6.18. The number of aromatic nitrogens is 1. The molecule has 0 radical (unpaired) electrons. The van der Waals surface area contributed by atoms with E-state index in [-0.39, 0.29) is 5.75 Å². The highest BCUT2D eigenvalue weighted by atomic mass is 35.5. The number of halogens is 1. The molecule has 3 nitrogen and oxygen atoms in total. The fraction of sp³-hybridized carbons (Fsp3) is 0.400. The van der Waals surface area contributed by atoms with Gasteiger partial charge >= 0.3 is 0 Å². The van der Waals surface area contributed by atoms with E-state index in [9.17, 15) is 5.11 Å². The number of fused-ring (bicyclic) bond motifs is 1. The van der Waals surface area contributed by atoms with Gasteiger partial charge < -0.3 is 10.4 Å². The lowest BCUT2D eigenvalue weighted by molar-refractivity contribution is 0.465. The molecule has 0 fully saturated rings. The normalized spacial score (nSPS) is 18.0.